The molecule has 1 aliphatic carbocycles. The molecule has 1 saturated heterocycles. The highest BCUT2D eigenvalue weighted by atomic mass is 16.1. The minimum Gasteiger partial charge on any atom is -0.396 e. The first-order chi connectivity index (χ1) is 8.66. The normalized spacial score (nSPS) is 26.3. The Labute approximate surface area is 107 Å². The quantitative estimate of drug-likeness (QED) is 0.777. The highest BCUT2D eigenvalue weighted by Crippen LogP contribution is 2.41. The maximum absolute atomic E-state index is 11.3. The molecule has 4 heteroatoms. The standard InChI is InChI=1S/C14H19N3O/c15-13-11(14(16)18)5-2-6-12(13)17-7-9-3-1-4-10(9)8-17/h2,5-6,9-10H,1,3-4,7-8,15H2,(H2,16,18). The van der Waals surface area contributed by atoms with E-state index in [0.29, 0.717) is 11.3 Å². The number of benzene rings is 1. The first-order valence-electron chi connectivity index (χ1n) is 6.60. The summed E-state index contributed by atoms with van der Waals surface area (Å²) in [5.74, 6) is 1.16. The number of rotatable bonds is 2. The molecule has 0 bridgehead atoms. The number of fused-ring (bicyclic) bond motifs is 1. The molecule has 1 aliphatic heterocycles. The number of hydrogen-bond donors (Lipinski definition) is 2. The molecule has 4 N–H and O–H groups in total. The number of nitrogen functional groups attached to an aromatic ring is 1. The summed E-state index contributed by atoms with van der Waals surface area (Å²) in [6.07, 6.45) is 4.02. The summed E-state index contributed by atoms with van der Waals surface area (Å²) in [4.78, 5) is 13.6. The average Bonchev–Trinajstić information content (AvgIpc) is 2.89. The van der Waals surface area contributed by atoms with Crippen molar-refractivity contribution in [2.24, 2.45) is 17.6 Å². The number of carbonyl (C=O) groups is 1. The Hall–Kier alpha value is -1.71. The fraction of sp³-hybridized carbons (Fsp3) is 0.500. The van der Waals surface area contributed by atoms with Crippen LogP contribution in [0.25, 0.3) is 0 Å². The van der Waals surface area contributed by atoms with Crippen molar-refractivity contribution < 1.29 is 4.79 Å². The van der Waals surface area contributed by atoms with E-state index in [2.05, 4.69) is 4.90 Å². The van der Waals surface area contributed by atoms with Crippen LogP contribution in [0.1, 0.15) is 29.6 Å². The fourth-order valence-corrected chi connectivity index (χ4v) is 3.48. The Bertz CT molecular complexity index is 474. The second-order valence-electron chi connectivity index (χ2n) is 5.46. The highest BCUT2D eigenvalue weighted by molar-refractivity contribution is 6.00. The monoisotopic (exact) mass is 245 g/mol. The largest absolute Gasteiger partial charge is 0.396 e. The molecule has 4 nitrogen and oxygen atoms in total. The summed E-state index contributed by atoms with van der Waals surface area (Å²) in [7, 11) is 0. The van der Waals surface area contributed by atoms with Gasteiger partial charge < -0.3 is 16.4 Å². The number of carbonyl (C=O) groups excluding carboxylic acids is 1. The van der Waals surface area contributed by atoms with E-state index in [4.69, 9.17) is 11.5 Å². The van der Waals surface area contributed by atoms with E-state index in [1.807, 2.05) is 12.1 Å². The SMILES string of the molecule is NC(=O)c1cccc(N2CC3CCCC3C2)c1N. The summed E-state index contributed by atoms with van der Waals surface area (Å²) in [5, 5.41) is 0. The Balaban J connectivity index is 1.89. The molecule has 1 aromatic carbocycles. The summed E-state index contributed by atoms with van der Waals surface area (Å²) in [6, 6.07) is 5.54. The lowest BCUT2D eigenvalue weighted by Gasteiger charge is -2.22. The zero-order chi connectivity index (χ0) is 12.7. The molecule has 1 aromatic rings. The van der Waals surface area contributed by atoms with Crippen molar-refractivity contribution in [2.45, 2.75) is 19.3 Å². The van der Waals surface area contributed by atoms with Crippen LogP contribution in [0.5, 0.6) is 0 Å². The Morgan fingerprint density at radius 3 is 2.50 bits per heavy atom. The van der Waals surface area contributed by atoms with Crippen molar-refractivity contribution in [3.8, 4) is 0 Å². The smallest absolute Gasteiger partial charge is 0.250 e. The van der Waals surface area contributed by atoms with Gasteiger partial charge in [0.2, 0.25) is 0 Å². The molecule has 2 atom stereocenters. The van der Waals surface area contributed by atoms with Crippen LogP contribution in [0.15, 0.2) is 18.2 Å². The predicted octanol–water partition coefficient (Wildman–Crippen LogP) is 1.60. The predicted molar refractivity (Wildman–Crippen MR) is 72.4 cm³/mol. The van der Waals surface area contributed by atoms with E-state index in [1.165, 1.54) is 19.3 Å². The third-order valence-corrected chi connectivity index (χ3v) is 4.42. The number of para-hydroxylation sites is 1. The molecule has 1 saturated carbocycles. The number of nitrogens with two attached hydrogens (primary N) is 2. The van der Waals surface area contributed by atoms with Crippen LogP contribution in [-0.2, 0) is 0 Å². The molecule has 1 amide bonds. The third kappa shape index (κ3) is 1.72. The molecule has 0 spiro atoms. The molecule has 0 aromatic heterocycles. The van der Waals surface area contributed by atoms with E-state index < -0.39 is 5.91 Å². The van der Waals surface area contributed by atoms with Crippen molar-refractivity contribution in [1.82, 2.24) is 0 Å². The van der Waals surface area contributed by atoms with Crippen LogP contribution in [0, 0.1) is 11.8 Å². The van der Waals surface area contributed by atoms with E-state index in [0.717, 1.165) is 30.6 Å². The van der Waals surface area contributed by atoms with Gasteiger partial charge in [-0.1, -0.05) is 12.5 Å². The molecular formula is C14H19N3O. The first-order valence-corrected chi connectivity index (χ1v) is 6.60. The molecule has 2 fully saturated rings. The topological polar surface area (TPSA) is 72.4 Å². The lowest BCUT2D eigenvalue weighted by Crippen LogP contribution is -2.23. The minimum atomic E-state index is -0.450. The van der Waals surface area contributed by atoms with Gasteiger partial charge in [-0.25, -0.2) is 0 Å². The second kappa shape index (κ2) is 4.19. The molecule has 0 radical (unpaired) electrons. The van der Waals surface area contributed by atoms with Crippen molar-refractivity contribution >= 4 is 17.3 Å². The first kappa shape index (κ1) is 11.4. The maximum atomic E-state index is 11.3. The van der Waals surface area contributed by atoms with Gasteiger partial charge in [-0.15, -0.1) is 0 Å². The van der Waals surface area contributed by atoms with Crippen LogP contribution in [0.2, 0.25) is 0 Å². The zero-order valence-electron chi connectivity index (χ0n) is 10.4. The summed E-state index contributed by atoms with van der Waals surface area (Å²) in [5.41, 5.74) is 13.3. The Kier molecular flexibility index (Phi) is 2.65. The van der Waals surface area contributed by atoms with Gasteiger partial charge in [0.25, 0.3) is 5.91 Å². The molecule has 96 valence electrons. The molecule has 3 rings (SSSR count). The van der Waals surface area contributed by atoms with Crippen LogP contribution < -0.4 is 16.4 Å². The fourth-order valence-electron chi connectivity index (χ4n) is 3.48. The van der Waals surface area contributed by atoms with Gasteiger partial charge in [0, 0.05) is 13.1 Å². The number of hydrogen-bond acceptors (Lipinski definition) is 3. The van der Waals surface area contributed by atoms with E-state index in [1.54, 1.807) is 6.07 Å². The van der Waals surface area contributed by atoms with Gasteiger partial charge in [-0.3, -0.25) is 4.79 Å². The van der Waals surface area contributed by atoms with Crippen LogP contribution >= 0.6 is 0 Å². The Morgan fingerprint density at radius 1 is 1.22 bits per heavy atom. The summed E-state index contributed by atoms with van der Waals surface area (Å²) >= 11 is 0. The van der Waals surface area contributed by atoms with Crippen molar-refractivity contribution in [3.05, 3.63) is 23.8 Å². The molecule has 2 aliphatic rings. The second-order valence-corrected chi connectivity index (χ2v) is 5.46. The lowest BCUT2D eigenvalue weighted by atomic mass is 10.0. The summed E-state index contributed by atoms with van der Waals surface area (Å²) in [6.45, 7) is 2.13. The van der Waals surface area contributed by atoms with Crippen LogP contribution in [-0.4, -0.2) is 19.0 Å². The maximum Gasteiger partial charge on any atom is 0.250 e. The highest BCUT2D eigenvalue weighted by Gasteiger charge is 2.36. The average molecular weight is 245 g/mol. The number of primary amides is 1. The van der Waals surface area contributed by atoms with Crippen molar-refractivity contribution in [1.29, 1.82) is 0 Å². The third-order valence-electron chi connectivity index (χ3n) is 4.42. The zero-order valence-corrected chi connectivity index (χ0v) is 10.4. The number of anilines is 2. The van der Waals surface area contributed by atoms with Crippen molar-refractivity contribution in [2.75, 3.05) is 23.7 Å². The molecule has 18 heavy (non-hydrogen) atoms. The minimum absolute atomic E-state index is 0.435. The molecule has 2 unspecified atom stereocenters. The van der Waals surface area contributed by atoms with Crippen molar-refractivity contribution in [3.63, 3.8) is 0 Å². The summed E-state index contributed by atoms with van der Waals surface area (Å²) < 4.78 is 0. The number of nitrogens with zero attached hydrogens (tertiary/aromatic N) is 1. The van der Waals surface area contributed by atoms with Gasteiger partial charge in [0.05, 0.1) is 16.9 Å². The van der Waals surface area contributed by atoms with E-state index >= 15 is 0 Å². The van der Waals surface area contributed by atoms with Gasteiger partial charge in [-0.05, 0) is 36.8 Å². The lowest BCUT2D eigenvalue weighted by molar-refractivity contribution is 0.100. The van der Waals surface area contributed by atoms with Gasteiger partial charge in [0.15, 0.2) is 0 Å². The van der Waals surface area contributed by atoms with E-state index in [9.17, 15) is 4.79 Å². The van der Waals surface area contributed by atoms with Gasteiger partial charge in [-0.2, -0.15) is 0 Å². The van der Waals surface area contributed by atoms with Crippen LogP contribution in [0.4, 0.5) is 11.4 Å². The number of amides is 1. The van der Waals surface area contributed by atoms with Gasteiger partial charge >= 0.3 is 0 Å². The van der Waals surface area contributed by atoms with E-state index in [-0.39, 0.29) is 0 Å². The van der Waals surface area contributed by atoms with Gasteiger partial charge in [0.1, 0.15) is 0 Å². The molecular weight excluding hydrogens is 226 g/mol. The van der Waals surface area contributed by atoms with Crippen LogP contribution in [0.3, 0.4) is 0 Å². The Morgan fingerprint density at radius 2 is 1.89 bits per heavy atom. The molecule has 1 heterocycles.